The molecule has 0 unspecified atom stereocenters. The van der Waals surface area contributed by atoms with E-state index < -0.39 is 0 Å². The molecule has 0 atom stereocenters. The molecular formula is C17H21N5O2S. The van der Waals surface area contributed by atoms with E-state index in [2.05, 4.69) is 27.2 Å². The number of nitrogens with zero attached hydrogens (tertiary/aromatic N) is 5. The number of aromatic nitrogens is 4. The molecule has 0 bridgehead atoms. The lowest BCUT2D eigenvalue weighted by molar-refractivity contribution is 0.280. The number of aliphatic hydroxyl groups excluding tert-OH is 2. The lowest BCUT2D eigenvalue weighted by Crippen LogP contribution is -2.32. The van der Waals surface area contributed by atoms with Crippen molar-refractivity contribution in [3.05, 3.63) is 47.9 Å². The summed E-state index contributed by atoms with van der Waals surface area (Å²) in [6, 6.07) is 10.2. The minimum atomic E-state index is -0.0135. The average molecular weight is 359 g/mol. The highest BCUT2D eigenvalue weighted by atomic mass is 32.2. The minimum absolute atomic E-state index is 0.0135. The number of fused-ring (bicyclic) bond motifs is 1. The molecule has 2 aromatic heterocycles. The topological polar surface area (TPSA) is 86.8 Å². The van der Waals surface area contributed by atoms with Crippen LogP contribution in [0.4, 0.5) is 5.82 Å². The number of anilines is 1. The fourth-order valence-corrected chi connectivity index (χ4v) is 3.76. The van der Waals surface area contributed by atoms with Crippen molar-refractivity contribution in [2.45, 2.75) is 17.6 Å². The summed E-state index contributed by atoms with van der Waals surface area (Å²) >= 11 is 1.67. The van der Waals surface area contributed by atoms with Gasteiger partial charge in [0.05, 0.1) is 23.8 Å². The van der Waals surface area contributed by atoms with E-state index in [1.807, 2.05) is 30.0 Å². The summed E-state index contributed by atoms with van der Waals surface area (Å²) in [6.07, 6.45) is 1.47. The highest BCUT2D eigenvalue weighted by molar-refractivity contribution is 7.98. The van der Waals surface area contributed by atoms with Crippen LogP contribution < -0.4 is 4.90 Å². The maximum absolute atomic E-state index is 9.42. The summed E-state index contributed by atoms with van der Waals surface area (Å²) in [5, 5.41) is 23.1. The Balaban J connectivity index is 2.02. The van der Waals surface area contributed by atoms with Crippen molar-refractivity contribution >= 4 is 23.4 Å². The molecule has 0 saturated carbocycles. The number of aliphatic hydroxyl groups is 2. The van der Waals surface area contributed by atoms with Crippen LogP contribution in [-0.4, -0.2) is 56.1 Å². The molecule has 1 aromatic carbocycles. The predicted octanol–water partition coefficient (Wildman–Crippen LogP) is 1.52. The summed E-state index contributed by atoms with van der Waals surface area (Å²) in [7, 11) is 0. The number of rotatable bonds is 8. The van der Waals surface area contributed by atoms with Crippen molar-refractivity contribution in [1.82, 2.24) is 19.6 Å². The van der Waals surface area contributed by atoms with Crippen molar-refractivity contribution in [2.75, 3.05) is 31.2 Å². The van der Waals surface area contributed by atoms with Crippen LogP contribution in [0.2, 0.25) is 0 Å². The van der Waals surface area contributed by atoms with E-state index in [-0.39, 0.29) is 13.2 Å². The van der Waals surface area contributed by atoms with Gasteiger partial charge in [-0.1, -0.05) is 30.3 Å². The first kappa shape index (κ1) is 17.7. The van der Waals surface area contributed by atoms with Crippen LogP contribution in [-0.2, 0) is 5.75 Å². The second kappa shape index (κ2) is 8.28. The second-order valence-electron chi connectivity index (χ2n) is 5.53. The van der Waals surface area contributed by atoms with E-state index in [0.29, 0.717) is 18.9 Å². The SMILES string of the molecule is Cc1nc2ncnn2c(N(CCO)CCO)c1SCc1ccccc1. The lowest BCUT2D eigenvalue weighted by atomic mass is 10.2. The van der Waals surface area contributed by atoms with Crippen molar-refractivity contribution in [3.63, 3.8) is 0 Å². The smallest absolute Gasteiger partial charge is 0.254 e. The third-order valence-electron chi connectivity index (χ3n) is 3.80. The molecule has 0 fully saturated rings. The Morgan fingerprint density at radius 1 is 1.12 bits per heavy atom. The van der Waals surface area contributed by atoms with Crippen LogP contribution in [0, 0.1) is 6.92 Å². The van der Waals surface area contributed by atoms with E-state index in [9.17, 15) is 10.2 Å². The van der Waals surface area contributed by atoms with Crippen LogP contribution in [0.15, 0.2) is 41.6 Å². The van der Waals surface area contributed by atoms with Gasteiger partial charge in [0.1, 0.15) is 12.1 Å². The fraction of sp³-hybridized carbons (Fsp3) is 0.353. The van der Waals surface area contributed by atoms with Crippen LogP contribution in [0.5, 0.6) is 0 Å². The van der Waals surface area contributed by atoms with Crippen molar-refractivity contribution in [3.8, 4) is 0 Å². The Bertz CT molecular complexity index is 819. The van der Waals surface area contributed by atoms with Crippen molar-refractivity contribution < 1.29 is 10.2 Å². The molecular weight excluding hydrogens is 338 g/mol. The largest absolute Gasteiger partial charge is 0.395 e. The van der Waals surface area contributed by atoms with E-state index in [1.165, 1.54) is 11.9 Å². The summed E-state index contributed by atoms with van der Waals surface area (Å²) in [4.78, 5) is 11.6. The van der Waals surface area contributed by atoms with Gasteiger partial charge in [0.25, 0.3) is 5.78 Å². The summed E-state index contributed by atoms with van der Waals surface area (Å²) in [5.41, 5.74) is 2.07. The molecule has 8 heteroatoms. The Morgan fingerprint density at radius 3 is 2.52 bits per heavy atom. The molecule has 132 valence electrons. The number of aryl methyl sites for hydroxylation is 1. The van der Waals surface area contributed by atoms with Gasteiger partial charge in [-0.15, -0.1) is 11.8 Å². The Hall–Kier alpha value is -2.16. The molecule has 25 heavy (non-hydrogen) atoms. The van der Waals surface area contributed by atoms with Crippen molar-refractivity contribution in [1.29, 1.82) is 0 Å². The third kappa shape index (κ3) is 3.92. The highest BCUT2D eigenvalue weighted by Crippen LogP contribution is 2.34. The molecule has 0 aliphatic rings. The summed E-state index contributed by atoms with van der Waals surface area (Å²) in [5.74, 6) is 2.12. The first-order valence-corrected chi connectivity index (χ1v) is 9.07. The van der Waals surface area contributed by atoms with Gasteiger partial charge in [-0.2, -0.15) is 14.6 Å². The molecule has 0 aliphatic heterocycles. The van der Waals surface area contributed by atoms with Gasteiger partial charge in [-0.25, -0.2) is 4.98 Å². The first-order valence-electron chi connectivity index (χ1n) is 8.08. The maximum atomic E-state index is 9.42. The van der Waals surface area contributed by atoms with E-state index >= 15 is 0 Å². The first-order chi connectivity index (χ1) is 12.2. The summed E-state index contributed by atoms with van der Waals surface area (Å²) in [6.45, 7) is 2.72. The molecule has 0 saturated heterocycles. The zero-order chi connectivity index (χ0) is 17.6. The second-order valence-corrected chi connectivity index (χ2v) is 6.52. The van der Waals surface area contributed by atoms with Crippen LogP contribution in [0.1, 0.15) is 11.3 Å². The van der Waals surface area contributed by atoms with Crippen LogP contribution in [0.25, 0.3) is 5.78 Å². The third-order valence-corrected chi connectivity index (χ3v) is 5.04. The fourth-order valence-electron chi connectivity index (χ4n) is 2.66. The normalized spacial score (nSPS) is 11.2. The molecule has 3 rings (SSSR count). The number of hydrogen-bond acceptors (Lipinski definition) is 7. The molecule has 7 nitrogen and oxygen atoms in total. The van der Waals surface area contributed by atoms with Gasteiger partial charge in [-0.05, 0) is 12.5 Å². The van der Waals surface area contributed by atoms with Crippen LogP contribution >= 0.6 is 11.8 Å². The summed E-state index contributed by atoms with van der Waals surface area (Å²) < 4.78 is 1.67. The Kier molecular flexibility index (Phi) is 5.85. The number of hydrogen-bond donors (Lipinski definition) is 2. The molecule has 2 heterocycles. The molecule has 0 amide bonds. The average Bonchev–Trinajstić information content (AvgIpc) is 3.08. The van der Waals surface area contributed by atoms with Crippen LogP contribution in [0.3, 0.4) is 0 Å². The lowest BCUT2D eigenvalue weighted by Gasteiger charge is -2.26. The van der Waals surface area contributed by atoms with E-state index in [4.69, 9.17) is 0 Å². The molecule has 3 aromatic rings. The Labute approximate surface area is 150 Å². The minimum Gasteiger partial charge on any atom is -0.395 e. The van der Waals surface area contributed by atoms with Gasteiger partial charge in [0, 0.05) is 18.8 Å². The molecule has 0 radical (unpaired) electrons. The van der Waals surface area contributed by atoms with E-state index in [1.54, 1.807) is 16.3 Å². The molecule has 0 spiro atoms. The van der Waals surface area contributed by atoms with Gasteiger partial charge >= 0.3 is 0 Å². The van der Waals surface area contributed by atoms with Gasteiger partial charge < -0.3 is 15.1 Å². The van der Waals surface area contributed by atoms with Gasteiger partial charge in [0.15, 0.2) is 0 Å². The van der Waals surface area contributed by atoms with E-state index in [0.717, 1.165) is 22.2 Å². The highest BCUT2D eigenvalue weighted by Gasteiger charge is 2.20. The van der Waals surface area contributed by atoms with Crippen molar-refractivity contribution in [2.24, 2.45) is 0 Å². The predicted molar refractivity (Wildman–Crippen MR) is 97.9 cm³/mol. The number of benzene rings is 1. The number of thioether (sulfide) groups is 1. The zero-order valence-corrected chi connectivity index (χ0v) is 14.9. The Morgan fingerprint density at radius 2 is 1.84 bits per heavy atom. The molecule has 0 aliphatic carbocycles. The maximum Gasteiger partial charge on any atom is 0.254 e. The monoisotopic (exact) mass is 359 g/mol. The quantitative estimate of drug-likeness (QED) is 0.590. The standard InChI is InChI=1S/C17H21N5O2S/c1-13-15(25-11-14-5-3-2-4-6-14)16(21(7-9-23)8-10-24)22-17(20-13)18-12-19-22/h2-6,12,23-24H,7-11H2,1H3. The zero-order valence-electron chi connectivity index (χ0n) is 14.0. The van der Waals surface area contributed by atoms with Gasteiger partial charge in [0.2, 0.25) is 0 Å². The molecule has 2 N–H and O–H groups in total. The van der Waals surface area contributed by atoms with Gasteiger partial charge in [-0.3, -0.25) is 0 Å².